The minimum atomic E-state index is -4.59. The van der Waals surface area contributed by atoms with E-state index in [0.717, 1.165) is 0 Å². The lowest BCUT2D eigenvalue weighted by Crippen LogP contribution is -2.39. The number of fused-ring (bicyclic) bond motifs is 1. The highest BCUT2D eigenvalue weighted by molar-refractivity contribution is 7.98. The molecule has 0 atom stereocenters. The van der Waals surface area contributed by atoms with E-state index < -0.39 is 18.6 Å². The van der Waals surface area contributed by atoms with E-state index in [1.165, 1.54) is 11.8 Å². The molecule has 0 fully saturated rings. The van der Waals surface area contributed by atoms with Gasteiger partial charge in [0.05, 0.1) is 12.5 Å². The lowest BCUT2D eigenvalue weighted by atomic mass is 10.1. The number of rotatable bonds is 7. The first-order valence-electron chi connectivity index (χ1n) is 8.52. The highest BCUT2D eigenvalue weighted by atomic mass is 32.2. The molecule has 10 heteroatoms. The van der Waals surface area contributed by atoms with Gasteiger partial charge in [0.2, 0.25) is 0 Å². The van der Waals surface area contributed by atoms with Gasteiger partial charge in [-0.2, -0.15) is 18.4 Å². The number of halogens is 3. The Bertz CT molecular complexity index is 1030. The highest BCUT2D eigenvalue weighted by Crippen LogP contribution is 2.32. The molecule has 3 aromatic rings. The van der Waals surface area contributed by atoms with Gasteiger partial charge in [-0.15, -0.1) is 0 Å². The minimum Gasteiger partial charge on any atom is -0.451 e. The summed E-state index contributed by atoms with van der Waals surface area (Å²) >= 11 is 1.24. The first-order chi connectivity index (χ1) is 13.9. The number of thioether (sulfide) groups is 1. The summed E-state index contributed by atoms with van der Waals surface area (Å²) in [5.41, 5.74) is 0.861. The van der Waals surface area contributed by atoms with Crippen molar-refractivity contribution < 1.29 is 22.4 Å². The van der Waals surface area contributed by atoms with Gasteiger partial charge in [0.15, 0.2) is 10.9 Å². The molecule has 0 bridgehead atoms. The molecule has 3 rings (SSSR count). The Labute approximate surface area is 168 Å². The van der Waals surface area contributed by atoms with Crippen LogP contribution in [0, 0.1) is 11.3 Å². The molecule has 29 heavy (non-hydrogen) atoms. The number of nitriles is 1. The average Bonchev–Trinajstić information content (AvgIpc) is 3.07. The molecule has 0 aliphatic heterocycles. The number of carbonyl (C=O) groups excluding carboxylic acids is 1. The fourth-order valence-electron chi connectivity index (χ4n) is 2.71. The molecule has 0 spiro atoms. The fourth-order valence-corrected chi connectivity index (χ4v) is 3.54. The van der Waals surface area contributed by atoms with E-state index >= 15 is 0 Å². The van der Waals surface area contributed by atoms with Crippen LogP contribution in [0.4, 0.5) is 13.2 Å². The Morgan fingerprint density at radius 1 is 1.21 bits per heavy atom. The van der Waals surface area contributed by atoms with Crippen LogP contribution in [0.3, 0.4) is 0 Å². The van der Waals surface area contributed by atoms with Crippen molar-refractivity contribution in [2.75, 3.05) is 13.1 Å². The largest absolute Gasteiger partial charge is 0.451 e. The third-order valence-electron chi connectivity index (χ3n) is 3.93. The molecule has 0 unspecified atom stereocenters. The predicted molar refractivity (Wildman–Crippen MR) is 100.0 cm³/mol. The molecule has 2 aromatic heterocycles. The van der Waals surface area contributed by atoms with Crippen molar-refractivity contribution in [2.24, 2.45) is 0 Å². The molecule has 150 valence electrons. The second-order valence-corrected chi connectivity index (χ2v) is 6.92. The zero-order chi connectivity index (χ0) is 20.9. The summed E-state index contributed by atoms with van der Waals surface area (Å²) < 4.78 is 44.5. The summed E-state index contributed by atoms with van der Waals surface area (Å²) in [7, 11) is 0. The van der Waals surface area contributed by atoms with Gasteiger partial charge >= 0.3 is 6.18 Å². The van der Waals surface area contributed by atoms with E-state index in [9.17, 15) is 18.0 Å². The Morgan fingerprint density at radius 2 is 1.93 bits per heavy atom. The summed E-state index contributed by atoms with van der Waals surface area (Å²) in [5.74, 6) is -0.838. The van der Waals surface area contributed by atoms with Crippen molar-refractivity contribution >= 4 is 28.6 Å². The number of aromatic nitrogens is 2. The highest BCUT2D eigenvalue weighted by Gasteiger charge is 2.35. The van der Waals surface area contributed by atoms with E-state index in [-0.39, 0.29) is 24.5 Å². The van der Waals surface area contributed by atoms with Crippen LogP contribution in [0.15, 0.2) is 52.3 Å². The van der Waals surface area contributed by atoms with Crippen molar-refractivity contribution in [1.29, 1.82) is 5.26 Å². The van der Waals surface area contributed by atoms with Crippen LogP contribution in [0.1, 0.15) is 22.5 Å². The average molecular weight is 420 g/mol. The minimum absolute atomic E-state index is 0.170. The Balaban J connectivity index is 1.95. The summed E-state index contributed by atoms with van der Waals surface area (Å²) in [6.07, 6.45) is -1.67. The number of nitrogens with zero attached hydrogens (tertiary/aromatic N) is 4. The second kappa shape index (κ2) is 8.96. The lowest BCUT2D eigenvalue weighted by molar-refractivity contribution is -0.140. The Kier molecular flexibility index (Phi) is 6.39. The van der Waals surface area contributed by atoms with Crippen molar-refractivity contribution in [1.82, 2.24) is 14.9 Å². The molecule has 1 aromatic carbocycles. The number of hydrogen-bond donors (Lipinski definition) is 0. The molecular weight excluding hydrogens is 405 g/mol. The first-order valence-corrected chi connectivity index (χ1v) is 9.51. The van der Waals surface area contributed by atoms with Gasteiger partial charge in [-0.1, -0.05) is 30.0 Å². The number of para-hydroxylation sites is 1. The normalized spacial score (nSPS) is 11.4. The molecule has 1 amide bonds. The van der Waals surface area contributed by atoms with Crippen molar-refractivity contribution in [3.05, 3.63) is 54.0 Å². The molecule has 0 aliphatic rings. The maximum absolute atomic E-state index is 13.0. The molecule has 0 saturated carbocycles. The third-order valence-corrected chi connectivity index (χ3v) is 4.83. The molecule has 0 N–H and O–H groups in total. The lowest BCUT2D eigenvalue weighted by Gasteiger charge is -2.22. The van der Waals surface area contributed by atoms with Crippen LogP contribution in [-0.4, -0.2) is 40.0 Å². The van der Waals surface area contributed by atoms with Gasteiger partial charge in [-0.05, 0) is 12.1 Å². The number of carbonyl (C=O) groups is 1. The van der Waals surface area contributed by atoms with E-state index in [1.807, 2.05) is 0 Å². The molecule has 0 radical (unpaired) electrons. The number of benzene rings is 1. The van der Waals surface area contributed by atoms with Crippen LogP contribution in [0.2, 0.25) is 0 Å². The monoisotopic (exact) mass is 420 g/mol. The quantitative estimate of drug-likeness (QED) is 0.415. The number of hydrogen-bond acceptors (Lipinski definition) is 6. The fraction of sp³-hybridized carbons (Fsp3) is 0.263. The van der Waals surface area contributed by atoms with E-state index in [4.69, 9.17) is 9.68 Å². The van der Waals surface area contributed by atoms with Gasteiger partial charge in [0, 0.05) is 35.6 Å². The van der Waals surface area contributed by atoms with Crippen LogP contribution < -0.4 is 0 Å². The maximum atomic E-state index is 13.0. The molecule has 0 saturated heterocycles. The molecule has 2 heterocycles. The third kappa shape index (κ3) is 5.26. The topological polar surface area (TPSA) is 83.0 Å². The van der Waals surface area contributed by atoms with Gasteiger partial charge < -0.3 is 9.32 Å². The van der Waals surface area contributed by atoms with Crippen LogP contribution in [0.25, 0.3) is 11.0 Å². The molecule has 0 aliphatic carbocycles. The van der Waals surface area contributed by atoms with Crippen molar-refractivity contribution in [3.8, 4) is 6.07 Å². The zero-order valence-electron chi connectivity index (χ0n) is 15.0. The van der Waals surface area contributed by atoms with Crippen molar-refractivity contribution in [2.45, 2.75) is 23.5 Å². The number of furan rings is 1. The Morgan fingerprint density at radius 3 is 2.62 bits per heavy atom. The maximum Gasteiger partial charge on any atom is 0.406 e. The van der Waals surface area contributed by atoms with Gasteiger partial charge in [0.1, 0.15) is 12.1 Å². The predicted octanol–water partition coefficient (Wildman–Crippen LogP) is 4.43. The number of amides is 1. The number of alkyl halides is 3. The SMILES string of the molecule is N#CCCN(CC(F)(F)F)C(=O)c1oc2ccccc2c1CSc1ncccn1. The van der Waals surface area contributed by atoms with Crippen LogP contribution in [-0.2, 0) is 5.75 Å². The van der Waals surface area contributed by atoms with Crippen molar-refractivity contribution in [3.63, 3.8) is 0 Å². The summed E-state index contributed by atoms with van der Waals surface area (Å²) in [6.45, 7) is -1.81. The van der Waals surface area contributed by atoms with Crippen LogP contribution in [0.5, 0.6) is 0 Å². The molecule has 6 nitrogen and oxygen atoms in total. The smallest absolute Gasteiger partial charge is 0.406 e. The summed E-state index contributed by atoms with van der Waals surface area (Å²) in [4.78, 5) is 21.7. The summed E-state index contributed by atoms with van der Waals surface area (Å²) in [6, 6.07) is 10.3. The van der Waals surface area contributed by atoms with Gasteiger partial charge in [-0.3, -0.25) is 4.79 Å². The Hall–Kier alpha value is -3.06. The van der Waals surface area contributed by atoms with Gasteiger partial charge in [-0.25, -0.2) is 9.97 Å². The standard InChI is InChI=1S/C19H15F3N4O2S/c20-19(21,22)12-26(10-3-7-23)17(27)16-14(11-29-18-24-8-4-9-25-18)13-5-1-2-6-15(13)28-16/h1-2,4-6,8-9H,3,10-12H2. The first kappa shape index (κ1) is 20.7. The van der Waals surface area contributed by atoms with E-state index in [1.54, 1.807) is 48.8 Å². The second-order valence-electron chi connectivity index (χ2n) is 5.98. The van der Waals surface area contributed by atoms with Crippen LogP contribution >= 0.6 is 11.8 Å². The van der Waals surface area contributed by atoms with E-state index in [2.05, 4.69) is 9.97 Å². The van der Waals surface area contributed by atoms with E-state index in [0.29, 0.717) is 26.6 Å². The zero-order valence-corrected chi connectivity index (χ0v) is 15.8. The van der Waals surface area contributed by atoms with Gasteiger partial charge in [0.25, 0.3) is 5.91 Å². The summed E-state index contributed by atoms with van der Waals surface area (Å²) in [5, 5.41) is 9.83. The molecular formula is C19H15F3N4O2S.